The van der Waals surface area contributed by atoms with Gasteiger partial charge in [-0.1, -0.05) is 120 Å². The molecule has 2 aromatic carbocycles. The number of carbonyl (C=O) groups is 1. The van der Waals surface area contributed by atoms with E-state index in [1.165, 1.54) is 68.9 Å². The molecule has 0 heterocycles. The van der Waals surface area contributed by atoms with Crippen molar-refractivity contribution < 1.29 is 18.8 Å². The standard InChI is InChI=1S/C33H52NO3/c1-6-8-9-10-11-12-13-14-15-19-24-30-25-20-21-26-31(30)36-32(7-2)37-33(35)28(3)34(4,5)27-29-22-17-16-18-23-29/h16-18,20-23,25-26,28,32H,6-15,19,24,27H2,1-5H3/q+1. The summed E-state index contributed by atoms with van der Waals surface area (Å²) in [6.45, 7) is 6.97. The molecule has 0 amide bonds. The van der Waals surface area contributed by atoms with Crippen molar-refractivity contribution in [3.63, 3.8) is 0 Å². The van der Waals surface area contributed by atoms with Gasteiger partial charge in [0.15, 0.2) is 6.04 Å². The molecule has 4 nitrogen and oxygen atoms in total. The van der Waals surface area contributed by atoms with E-state index in [0.717, 1.165) is 25.1 Å². The van der Waals surface area contributed by atoms with E-state index in [1.54, 1.807) is 0 Å². The van der Waals surface area contributed by atoms with Crippen molar-refractivity contribution in [1.29, 1.82) is 0 Å². The van der Waals surface area contributed by atoms with E-state index in [4.69, 9.17) is 9.47 Å². The Labute approximate surface area is 227 Å². The number of ether oxygens (including phenoxy) is 2. The minimum atomic E-state index is -0.583. The third kappa shape index (κ3) is 11.7. The average Bonchev–Trinajstić information content (AvgIpc) is 2.90. The molecule has 4 heteroatoms. The quantitative estimate of drug-likeness (QED) is 0.0823. The van der Waals surface area contributed by atoms with Crippen molar-refractivity contribution in [3.8, 4) is 5.75 Å². The molecule has 0 spiro atoms. The van der Waals surface area contributed by atoms with Crippen LogP contribution >= 0.6 is 0 Å². The Kier molecular flexibility index (Phi) is 14.4. The lowest BCUT2D eigenvalue weighted by Crippen LogP contribution is -2.52. The van der Waals surface area contributed by atoms with Gasteiger partial charge in [-0.15, -0.1) is 0 Å². The zero-order chi connectivity index (χ0) is 26.9. The number of esters is 1. The first-order chi connectivity index (χ1) is 17.9. The van der Waals surface area contributed by atoms with Gasteiger partial charge in [-0.05, 0) is 31.4 Å². The van der Waals surface area contributed by atoms with Crippen LogP contribution in [0, 0.1) is 0 Å². The molecular formula is C33H52NO3+. The van der Waals surface area contributed by atoms with Crippen molar-refractivity contribution >= 4 is 5.97 Å². The lowest BCUT2D eigenvalue weighted by molar-refractivity contribution is -0.917. The van der Waals surface area contributed by atoms with Crippen LogP contribution < -0.4 is 4.74 Å². The smallest absolute Gasteiger partial charge is 0.367 e. The zero-order valence-corrected chi connectivity index (χ0v) is 24.2. The van der Waals surface area contributed by atoms with Crippen molar-refractivity contribution in [3.05, 3.63) is 65.7 Å². The highest BCUT2D eigenvalue weighted by Crippen LogP contribution is 2.24. The zero-order valence-electron chi connectivity index (χ0n) is 24.2. The van der Waals surface area contributed by atoms with Crippen molar-refractivity contribution in [2.45, 2.75) is 117 Å². The van der Waals surface area contributed by atoms with Gasteiger partial charge in [0.25, 0.3) is 0 Å². The molecule has 0 N–H and O–H groups in total. The molecule has 37 heavy (non-hydrogen) atoms. The molecule has 2 aromatic rings. The minimum absolute atomic E-state index is 0.222. The van der Waals surface area contributed by atoms with Crippen molar-refractivity contribution in [2.75, 3.05) is 14.1 Å². The fraction of sp³-hybridized carbons (Fsp3) is 0.606. The van der Waals surface area contributed by atoms with Gasteiger partial charge in [0.05, 0.1) is 14.1 Å². The third-order valence-electron chi connectivity index (χ3n) is 7.43. The Hall–Kier alpha value is -2.33. The van der Waals surface area contributed by atoms with Gasteiger partial charge in [-0.25, -0.2) is 4.79 Å². The second-order valence-electron chi connectivity index (χ2n) is 11.0. The number of likely N-dealkylation sites (N-methyl/N-ethyl adjacent to an activating group) is 1. The predicted molar refractivity (Wildman–Crippen MR) is 155 cm³/mol. The Morgan fingerprint density at radius 3 is 1.97 bits per heavy atom. The van der Waals surface area contributed by atoms with Crippen LogP contribution in [-0.4, -0.2) is 36.9 Å². The van der Waals surface area contributed by atoms with E-state index in [2.05, 4.69) is 45.3 Å². The number of para-hydroxylation sites is 1. The molecule has 2 atom stereocenters. The summed E-state index contributed by atoms with van der Waals surface area (Å²) in [5.74, 6) is 0.615. The summed E-state index contributed by atoms with van der Waals surface area (Å²) in [5.41, 5.74) is 2.40. The summed E-state index contributed by atoms with van der Waals surface area (Å²) in [7, 11) is 4.14. The summed E-state index contributed by atoms with van der Waals surface area (Å²) in [5, 5.41) is 0. The lowest BCUT2D eigenvalue weighted by Gasteiger charge is -2.35. The van der Waals surface area contributed by atoms with E-state index in [-0.39, 0.29) is 12.0 Å². The van der Waals surface area contributed by atoms with Crippen LogP contribution in [0.5, 0.6) is 5.75 Å². The number of nitrogens with zero attached hydrogens (tertiary/aromatic N) is 1. The lowest BCUT2D eigenvalue weighted by atomic mass is 10.0. The SMILES string of the molecule is CCCCCCCCCCCCc1ccccc1OC(CC)OC(=O)C(C)[N+](C)(C)Cc1ccccc1. The summed E-state index contributed by atoms with van der Waals surface area (Å²) in [6, 6.07) is 18.2. The van der Waals surface area contributed by atoms with Crippen LogP contribution in [0.4, 0.5) is 0 Å². The highest BCUT2D eigenvalue weighted by Gasteiger charge is 2.34. The molecular weight excluding hydrogens is 458 g/mol. The molecule has 206 valence electrons. The molecule has 0 aromatic heterocycles. The van der Waals surface area contributed by atoms with E-state index >= 15 is 0 Å². The second-order valence-corrected chi connectivity index (χ2v) is 11.0. The summed E-state index contributed by atoms with van der Waals surface area (Å²) >= 11 is 0. The number of carbonyl (C=O) groups excluding carboxylic acids is 1. The Morgan fingerprint density at radius 2 is 1.35 bits per heavy atom. The van der Waals surface area contributed by atoms with Crippen LogP contribution in [0.3, 0.4) is 0 Å². The number of benzene rings is 2. The molecule has 0 radical (unpaired) electrons. The molecule has 0 aliphatic carbocycles. The molecule has 2 unspecified atom stereocenters. The van der Waals surface area contributed by atoms with Gasteiger partial charge in [0.1, 0.15) is 12.3 Å². The molecule has 0 aliphatic heterocycles. The normalized spacial score (nSPS) is 13.2. The van der Waals surface area contributed by atoms with Crippen molar-refractivity contribution in [1.82, 2.24) is 0 Å². The van der Waals surface area contributed by atoms with Gasteiger partial charge >= 0.3 is 5.97 Å². The summed E-state index contributed by atoms with van der Waals surface area (Å²) < 4.78 is 12.6. The van der Waals surface area contributed by atoms with Crippen LogP contribution in [0.2, 0.25) is 0 Å². The Morgan fingerprint density at radius 1 is 0.784 bits per heavy atom. The monoisotopic (exact) mass is 510 g/mol. The largest absolute Gasteiger partial charge is 0.455 e. The van der Waals surface area contributed by atoms with Crippen LogP contribution in [0.15, 0.2) is 54.6 Å². The number of aryl methyl sites for hydroxylation is 1. The first-order valence-electron chi connectivity index (χ1n) is 14.7. The van der Waals surface area contributed by atoms with E-state index < -0.39 is 6.29 Å². The third-order valence-corrected chi connectivity index (χ3v) is 7.43. The van der Waals surface area contributed by atoms with Gasteiger partial charge in [0, 0.05) is 12.0 Å². The van der Waals surface area contributed by atoms with Gasteiger partial charge in [0.2, 0.25) is 6.29 Å². The Bertz CT molecular complexity index is 880. The first-order valence-corrected chi connectivity index (χ1v) is 14.7. The van der Waals surface area contributed by atoms with Crippen LogP contribution in [0.25, 0.3) is 0 Å². The minimum Gasteiger partial charge on any atom is -0.455 e. The number of rotatable bonds is 19. The number of unbranched alkanes of at least 4 members (excludes halogenated alkanes) is 9. The van der Waals surface area contributed by atoms with Gasteiger partial charge in [-0.2, -0.15) is 0 Å². The fourth-order valence-electron chi connectivity index (χ4n) is 4.66. The molecule has 0 aliphatic rings. The highest BCUT2D eigenvalue weighted by atomic mass is 16.7. The molecule has 2 rings (SSSR count). The molecule has 0 saturated heterocycles. The average molecular weight is 511 g/mol. The molecule has 0 saturated carbocycles. The second kappa shape index (κ2) is 17.2. The molecule has 0 fully saturated rings. The summed E-state index contributed by atoms with van der Waals surface area (Å²) in [4.78, 5) is 13.1. The van der Waals surface area contributed by atoms with Crippen LogP contribution in [0.1, 0.15) is 103 Å². The predicted octanol–water partition coefficient (Wildman–Crippen LogP) is 8.47. The van der Waals surface area contributed by atoms with Gasteiger partial charge in [-0.3, -0.25) is 0 Å². The maximum atomic E-state index is 13.1. The first kappa shape index (κ1) is 30.9. The van der Waals surface area contributed by atoms with E-state index in [0.29, 0.717) is 10.9 Å². The highest BCUT2D eigenvalue weighted by molar-refractivity contribution is 5.74. The van der Waals surface area contributed by atoms with Crippen LogP contribution in [-0.2, 0) is 22.5 Å². The maximum absolute atomic E-state index is 13.1. The van der Waals surface area contributed by atoms with Gasteiger partial charge < -0.3 is 14.0 Å². The molecule has 0 bridgehead atoms. The van der Waals surface area contributed by atoms with E-state index in [9.17, 15) is 4.79 Å². The number of hydrogen-bond donors (Lipinski definition) is 0. The number of quaternary nitrogens is 1. The Balaban J connectivity index is 1.80. The van der Waals surface area contributed by atoms with E-state index in [1.807, 2.05) is 44.2 Å². The maximum Gasteiger partial charge on any atom is 0.367 e. The fourth-order valence-corrected chi connectivity index (χ4v) is 4.66. The summed E-state index contributed by atoms with van der Waals surface area (Å²) in [6.07, 6.45) is 14.3. The van der Waals surface area contributed by atoms with Crippen molar-refractivity contribution in [2.24, 2.45) is 0 Å². The number of hydrogen-bond acceptors (Lipinski definition) is 3. The topological polar surface area (TPSA) is 35.5 Å².